The Kier molecular flexibility index (Phi) is 4.83. The van der Waals surface area contributed by atoms with Gasteiger partial charge in [-0.2, -0.15) is 0 Å². The van der Waals surface area contributed by atoms with Crippen molar-refractivity contribution in [3.05, 3.63) is 51.8 Å². The van der Waals surface area contributed by atoms with Crippen molar-refractivity contribution in [2.24, 2.45) is 7.05 Å². The number of carbonyl (C=O) groups excluding carboxylic acids is 2. The number of aryl methyl sites for hydroxylation is 1. The van der Waals surface area contributed by atoms with Crippen molar-refractivity contribution < 1.29 is 19.2 Å². The Morgan fingerprint density at radius 1 is 1.25 bits per heavy atom. The van der Waals surface area contributed by atoms with Crippen LogP contribution in [-0.4, -0.2) is 35.5 Å². The van der Waals surface area contributed by atoms with Crippen molar-refractivity contribution in [3.8, 4) is 0 Å². The first kappa shape index (κ1) is 17.0. The van der Waals surface area contributed by atoms with Crippen LogP contribution in [0.15, 0.2) is 30.5 Å². The molecule has 0 aliphatic heterocycles. The van der Waals surface area contributed by atoms with Gasteiger partial charge in [0.2, 0.25) is 0 Å². The number of aromatic nitrogens is 1. The summed E-state index contributed by atoms with van der Waals surface area (Å²) in [5.74, 6) is -1.08. The fourth-order valence-corrected chi connectivity index (χ4v) is 2.17. The number of benzene rings is 1. The Labute approximate surface area is 137 Å². The van der Waals surface area contributed by atoms with E-state index in [0.29, 0.717) is 11.4 Å². The average molecular weight is 332 g/mol. The van der Waals surface area contributed by atoms with E-state index in [2.05, 4.69) is 15.4 Å². The van der Waals surface area contributed by atoms with Gasteiger partial charge in [0, 0.05) is 20.2 Å². The smallest absolute Gasteiger partial charge is 0.337 e. The van der Waals surface area contributed by atoms with E-state index >= 15 is 0 Å². The highest BCUT2D eigenvalue weighted by Crippen LogP contribution is 2.25. The minimum Gasteiger partial charge on any atom is -0.465 e. The Morgan fingerprint density at radius 3 is 2.50 bits per heavy atom. The number of hydrogen-bond donors (Lipinski definition) is 2. The van der Waals surface area contributed by atoms with Crippen molar-refractivity contribution in [2.75, 3.05) is 24.8 Å². The summed E-state index contributed by atoms with van der Waals surface area (Å²) in [6.07, 6.45) is 1.25. The zero-order valence-corrected chi connectivity index (χ0v) is 13.3. The lowest BCUT2D eigenvalue weighted by atomic mass is 10.1. The SMILES string of the molecule is CNc1ccc(C(=O)OC)cc1NC(=O)c1cc([N+](=O)[O-])cn1C. The number of anilines is 2. The summed E-state index contributed by atoms with van der Waals surface area (Å²) >= 11 is 0. The van der Waals surface area contributed by atoms with Gasteiger partial charge in [0.25, 0.3) is 11.6 Å². The predicted molar refractivity (Wildman–Crippen MR) is 87.3 cm³/mol. The molecule has 1 amide bonds. The summed E-state index contributed by atoms with van der Waals surface area (Å²) in [4.78, 5) is 34.2. The first-order chi connectivity index (χ1) is 11.4. The van der Waals surface area contributed by atoms with Crippen LogP contribution < -0.4 is 10.6 Å². The molecule has 0 radical (unpaired) electrons. The fraction of sp³-hybridized carbons (Fsp3) is 0.200. The molecule has 24 heavy (non-hydrogen) atoms. The molecular weight excluding hydrogens is 316 g/mol. The zero-order valence-electron chi connectivity index (χ0n) is 13.3. The number of carbonyl (C=O) groups is 2. The minimum absolute atomic E-state index is 0.118. The molecular formula is C15H16N4O5. The van der Waals surface area contributed by atoms with E-state index in [1.807, 2.05) is 0 Å². The second-order valence-electron chi connectivity index (χ2n) is 4.91. The molecule has 0 aliphatic rings. The van der Waals surface area contributed by atoms with Crippen LogP contribution in [0.2, 0.25) is 0 Å². The van der Waals surface area contributed by atoms with E-state index in [-0.39, 0.29) is 16.9 Å². The lowest BCUT2D eigenvalue weighted by Gasteiger charge is -2.12. The van der Waals surface area contributed by atoms with Crippen molar-refractivity contribution in [2.45, 2.75) is 0 Å². The van der Waals surface area contributed by atoms with Crippen molar-refractivity contribution in [3.63, 3.8) is 0 Å². The molecule has 2 N–H and O–H groups in total. The van der Waals surface area contributed by atoms with Crippen LogP contribution in [0.3, 0.4) is 0 Å². The summed E-state index contributed by atoms with van der Waals surface area (Å²) in [6, 6.07) is 5.82. The maximum atomic E-state index is 12.4. The highest BCUT2D eigenvalue weighted by Gasteiger charge is 2.19. The number of rotatable bonds is 5. The molecule has 2 rings (SSSR count). The highest BCUT2D eigenvalue weighted by molar-refractivity contribution is 6.06. The second kappa shape index (κ2) is 6.82. The monoisotopic (exact) mass is 332 g/mol. The molecule has 1 aromatic heterocycles. The van der Waals surface area contributed by atoms with Crippen molar-refractivity contribution in [1.82, 2.24) is 4.57 Å². The number of hydrogen-bond acceptors (Lipinski definition) is 6. The molecule has 0 aliphatic carbocycles. The number of methoxy groups -OCH3 is 1. The Morgan fingerprint density at radius 2 is 1.96 bits per heavy atom. The van der Waals surface area contributed by atoms with Crippen LogP contribution >= 0.6 is 0 Å². The summed E-state index contributed by atoms with van der Waals surface area (Å²) in [5, 5.41) is 16.3. The Bertz CT molecular complexity index is 812. The minimum atomic E-state index is -0.576. The standard InChI is InChI=1S/C15H16N4O5/c1-16-11-5-4-9(15(21)24-3)6-12(11)17-14(20)13-7-10(19(22)23)8-18(13)2/h4-8,16H,1-3H3,(H,17,20). The summed E-state index contributed by atoms with van der Waals surface area (Å²) < 4.78 is 6.01. The Hall–Kier alpha value is -3.36. The third-order valence-electron chi connectivity index (χ3n) is 3.39. The van der Waals surface area contributed by atoms with E-state index in [1.54, 1.807) is 19.2 Å². The molecule has 0 unspecified atom stereocenters. The lowest BCUT2D eigenvalue weighted by Crippen LogP contribution is -2.16. The fourth-order valence-electron chi connectivity index (χ4n) is 2.17. The van der Waals surface area contributed by atoms with Crippen molar-refractivity contribution in [1.29, 1.82) is 0 Å². The topological polar surface area (TPSA) is 116 Å². The quantitative estimate of drug-likeness (QED) is 0.491. The van der Waals surface area contributed by atoms with Gasteiger partial charge >= 0.3 is 5.97 Å². The molecule has 126 valence electrons. The maximum absolute atomic E-state index is 12.4. The van der Waals surface area contributed by atoms with Gasteiger partial charge < -0.3 is 19.9 Å². The van der Waals surface area contributed by atoms with E-state index in [0.717, 1.165) is 0 Å². The number of nitrogens with one attached hydrogen (secondary N) is 2. The molecule has 0 spiro atoms. The number of amides is 1. The molecule has 0 bridgehead atoms. The van der Waals surface area contributed by atoms with Crippen LogP contribution in [0.25, 0.3) is 0 Å². The zero-order chi connectivity index (χ0) is 17.9. The Balaban J connectivity index is 2.34. The molecule has 1 heterocycles. The largest absolute Gasteiger partial charge is 0.465 e. The normalized spacial score (nSPS) is 10.1. The van der Waals surface area contributed by atoms with E-state index < -0.39 is 16.8 Å². The van der Waals surface area contributed by atoms with Gasteiger partial charge in [0.1, 0.15) is 5.69 Å². The van der Waals surface area contributed by atoms with E-state index in [1.165, 1.54) is 37.1 Å². The first-order valence-electron chi connectivity index (χ1n) is 6.89. The number of esters is 1. The number of ether oxygens (including phenoxy) is 1. The van der Waals surface area contributed by atoms with Crippen LogP contribution in [-0.2, 0) is 11.8 Å². The van der Waals surface area contributed by atoms with Gasteiger partial charge in [-0.15, -0.1) is 0 Å². The van der Waals surface area contributed by atoms with E-state index in [9.17, 15) is 19.7 Å². The molecule has 9 heteroatoms. The van der Waals surface area contributed by atoms with E-state index in [4.69, 9.17) is 0 Å². The molecule has 0 fully saturated rings. The van der Waals surface area contributed by atoms with Gasteiger partial charge in [-0.05, 0) is 18.2 Å². The molecule has 0 saturated heterocycles. The second-order valence-corrected chi connectivity index (χ2v) is 4.91. The highest BCUT2D eigenvalue weighted by atomic mass is 16.6. The summed E-state index contributed by atoms with van der Waals surface area (Å²) in [5.41, 5.74) is 1.14. The van der Waals surface area contributed by atoms with Gasteiger partial charge in [-0.1, -0.05) is 0 Å². The van der Waals surface area contributed by atoms with Crippen LogP contribution in [0.4, 0.5) is 17.1 Å². The van der Waals surface area contributed by atoms with Gasteiger partial charge in [-0.3, -0.25) is 14.9 Å². The average Bonchev–Trinajstić information content (AvgIpc) is 2.96. The van der Waals surface area contributed by atoms with Gasteiger partial charge in [0.15, 0.2) is 0 Å². The van der Waals surface area contributed by atoms with Gasteiger partial charge in [0.05, 0.1) is 35.2 Å². The third kappa shape index (κ3) is 3.35. The van der Waals surface area contributed by atoms with Gasteiger partial charge in [-0.25, -0.2) is 4.79 Å². The number of nitro groups is 1. The predicted octanol–water partition coefficient (Wildman–Crippen LogP) is 2.01. The van der Waals surface area contributed by atoms with Crippen molar-refractivity contribution >= 4 is 28.9 Å². The van der Waals surface area contributed by atoms with Crippen LogP contribution in [0, 0.1) is 10.1 Å². The van der Waals surface area contributed by atoms with Crippen LogP contribution in [0.5, 0.6) is 0 Å². The first-order valence-corrected chi connectivity index (χ1v) is 6.89. The molecule has 9 nitrogen and oxygen atoms in total. The molecule has 0 saturated carbocycles. The molecule has 0 atom stereocenters. The lowest BCUT2D eigenvalue weighted by molar-refractivity contribution is -0.384. The number of nitrogens with zero attached hydrogens (tertiary/aromatic N) is 2. The molecule has 1 aromatic carbocycles. The van der Waals surface area contributed by atoms with Crippen LogP contribution in [0.1, 0.15) is 20.8 Å². The third-order valence-corrected chi connectivity index (χ3v) is 3.39. The maximum Gasteiger partial charge on any atom is 0.337 e. The molecule has 2 aromatic rings. The summed E-state index contributed by atoms with van der Waals surface area (Å²) in [6.45, 7) is 0. The summed E-state index contributed by atoms with van der Waals surface area (Å²) in [7, 11) is 4.46.